The number of aromatic nitrogens is 5. The van der Waals surface area contributed by atoms with Gasteiger partial charge in [-0.2, -0.15) is 0 Å². The quantitative estimate of drug-likeness (QED) is 0.805. The summed E-state index contributed by atoms with van der Waals surface area (Å²) in [5, 5.41) is 16.7. The molecule has 0 saturated heterocycles. The molecule has 1 aliphatic carbocycles. The van der Waals surface area contributed by atoms with Gasteiger partial charge in [-0.1, -0.05) is 5.21 Å². The predicted octanol–water partition coefficient (Wildman–Crippen LogP) is 0.350. The minimum Gasteiger partial charge on any atom is -0.390 e. The van der Waals surface area contributed by atoms with Crippen LogP contribution in [0.4, 0.5) is 0 Å². The molecule has 0 unspecified atom stereocenters. The van der Waals surface area contributed by atoms with Crippen LogP contribution in [0.5, 0.6) is 0 Å². The standard InChI is InChI=1S/C10H13N5O/c16-6-8-4-14(13-12-8)5-10-3-11-7-15(10)9-1-2-9/h3-4,7,9,16H,1-2,5-6H2. The third kappa shape index (κ3) is 1.71. The van der Waals surface area contributed by atoms with Gasteiger partial charge < -0.3 is 9.67 Å². The Morgan fingerprint density at radius 3 is 3.00 bits per heavy atom. The molecule has 2 heterocycles. The first-order valence-electron chi connectivity index (χ1n) is 5.37. The first-order chi connectivity index (χ1) is 7.86. The molecule has 3 rings (SSSR count). The Bertz CT molecular complexity index is 485. The number of nitrogens with zero attached hydrogens (tertiary/aromatic N) is 5. The van der Waals surface area contributed by atoms with Crippen molar-refractivity contribution in [1.82, 2.24) is 24.5 Å². The van der Waals surface area contributed by atoms with Gasteiger partial charge in [0.1, 0.15) is 5.69 Å². The molecule has 0 radical (unpaired) electrons. The van der Waals surface area contributed by atoms with E-state index in [0.717, 1.165) is 5.69 Å². The zero-order valence-electron chi connectivity index (χ0n) is 8.82. The number of hydrogen-bond acceptors (Lipinski definition) is 4. The smallest absolute Gasteiger partial charge is 0.108 e. The highest BCUT2D eigenvalue weighted by atomic mass is 16.3. The van der Waals surface area contributed by atoms with E-state index < -0.39 is 0 Å². The van der Waals surface area contributed by atoms with Crippen molar-refractivity contribution in [3.8, 4) is 0 Å². The third-order valence-electron chi connectivity index (χ3n) is 2.76. The monoisotopic (exact) mass is 219 g/mol. The van der Waals surface area contributed by atoms with Crippen LogP contribution in [0.15, 0.2) is 18.7 Å². The van der Waals surface area contributed by atoms with Gasteiger partial charge in [0.15, 0.2) is 0 Å². The molecule has 0 aromatic carbocycles. The van der Waals surface area contributed by atoms with Gasteiger partial charge in [-0.25, -0.2) is 9.67 Å². The molecule has 0 bridgehead atoms. The molecular weight excluding hydrogens is 206 g/mol. The second kappa shape index (κ2) is 3.71. The van der Waals surface area contributed by atoms with Gasteiger partial charge in [0.2, 0.25) is 0 Å². The molecule has 0 amide bonds. The van der Waals surface area contributed by atoms with Gasteiger partial charge in [-0.15, -0.1) is 5.10 Å². The lowest BCUT2D eigenvalue weighted by atomic mass is 10.4. The van der Waals surface area contributed by atoms with Crippen molar-refractivity contribution in [2.75, 3.05) is 0 Å². The summed E-state index contributed by atoms with van der Waals surface area (Å²) < 4.78 is 3.92. The molecule has 16 heavy (non-hydrogen) atoms. The molecule has 1 N–H and O–H groups in total. The Morgan fingerprint density at radius 2 is 2.31 bits per heavy atom. The highest BCUT2D eigenvalue weighted by molar-refractivity contribution is 5.04. The van der Waals surface area contributed by atoms with E-state index >= 15 is 0 Å². The second-order valence-electron chi connectivity index (χ2n) is 4.09. The van der Waals surface area contributed by atoms with E-state index in [1.807, 2.05) is 12.5 Å². The fourth-order valence-electron chi connectivity index (χ4n) is 1.79. The maximum atomic E-state index is 8.90. The van der Waals surface area contributed by atoms with E-state index in [1.165, 1.54) is 12.8 Å². The maximum absolute atomic E-state index is 8.90. The van der Waals surface area contributed by atoms with Crippen molar-refractivity contribution in [1.29, 1.82) is 0 Å². The van der Waals surface area contributed by atoms with Crippen molar-refractivity contribution in [3.05, 3.63) is 30.1 Å². The SMILES string of the molecule is OCc1cn(Cc2cncn2C2CC2)nn1. The van der Waals surface area contributed by atoms with Gasteiger partial charge in [-0.3, -0.25) is 0 Å². The molecule has 0 aliphatic heterocycles. The van der Waals surface area contributed by atoms with Crippen LogP contribution in [0.3, 0.4) is 0 Å². The maximum Gasteiger partial charge on any atom is 0.108 e. The van der Waals surface area contributed by atoms with Gasteiger partial charge in [0, 0.05) is 6.04 Å². The Morgan fingerprint density at radius 1 is 1.44 bits per heavy atom. The molecule has 2 aromatic heterocycles. The number of rotatable bonds is 4. The van der Waals surface area contributed by atoms with Gasteiger partial charge in [-0.05, 0) is 12.8 Å². The van der Waals surface area contributed by atoms with E-state index in [-0.39, 0.29) is 6.61 Å². The van der Waals surface area contributed by atoms with E-state index in [4.69, 9.17) is 5.11 Å². The summed E-state index contributed by atoms with van der Waals surface area (Å²) >= 11 is 0. The largest absolute Gasteiger partial charge is 0.390 e. The van der Waals surface area contributed by atoms with Crippen LogP contribution in [0.2, 0.25) is 0 Å². The van der Waals surface area contributed by atoms with Crippen LogP contribution in [0.25, 0.3) is 0 Å². The first kappa shape index (κ1) is 9.53. The average molecular weight is 219 g/mol. The van der Waals surface area contributed by atoms with Gasteiger partial charge >= 0.3 is 0 Å². The molecule has 84 valence electrons. The number of imidazole rings is 1. The summed E-state index contributed by atoms with van der Waals surface area (Å²) in [6, 6.07) is 0.623. The molecule has 1 fully saturated rings. The summed E-state index contributed by atoms with van der Waals surface area (Å²) in [6.07, 6.45) is 7.96. The summed E-state index contributed by atoms with van der Waals surface area (Å²) in [4.78, 5) is 4.16. The highest BCUT2D eigenvalue weighted by Gasteiger charge is 2.25. The topological polar surface area (TPSA) is 68.8 Å². The van der Waals surface area contributed by atoms with Crippen molar-refractivity contribution in [2.45, 2.75) is 32.0 Å². The minimum atomic E-state index is -0.0676. The molecule has 1 aliphatic rings. The van der Waals surface area contributed by atoms with E-state index in [0.29, 0.717) is 18.3 Å². The van der Waals surface area contributed by atoms with Crippen molar-refractivity contribution >= 4 is 0 Å². The molecular formula is C10H13N5O. The highest BCUT2D eigenvalue weighted by Crippen LogP contribution is 2.35. The Balaban J connectivity index is 1.79. The van der Waals surface area contributed by atoms with Crippen LogP contribution in [0, 0.1) is 0 Å². The zero-order chi connectivity index (χ0) is 11.0. The van der Waals surface area contributed by atoms with Gasteiger partial charge in [0.25, 0.3) is 0 Å². The minimum absolute atomic E-state index is 0.0676. The molecule has 2 aromatic rings. The fraction of sp³-hybridized carbons (Fsp3) is 0.500. The van der Waals surface area contributed by atoms with Crippen molar-refractivity contribution in [3.63, 3.8) is 0 Å². The first-order valence-corrected chi connectivity index (χ1v) is 5.37. The van der Waals surface area contributed by atoms with Crippen LogP contribution >= 0.6 is 0 Å². The van der Waals surface area contributed by atoms with Crippen LogP contribution in [0.1, 0.15) is 30.3 Å². The van der Waals surface area contributed by atoms with Crippen LogP contribution in [-0.2, 0) is 13.2 Å². The fourth-order valence-corrected chi connectivity index (χ4v) is 1.79. The summed E-state index contributed by atoms with van der Waals surface area (Å²) in [5.41, 5.74) is 1.73. The predicted molar refractivity (Wildman–Crippen MR) is 55.5 cm³/mol. The lowest BCUT2D eigenvalue weighted by molar-refractivity contribution is 0.276. The lowest BCUT2D eigenvalue weighted by Crippen LogP contribution is -2.06. The van der Waals surface area contributed by atoms with Crippen molar-refractivity contribution in [2.24, 2.45) is 0 Å². The number of aliphatic hydroxyl groups is 1. The molecule has 0 spiro atoms. The number of aliphatic hydroxyl groups excluding tert-OH is 1. The van der Waals surface area contributed by atoms with Crippen LogP contribution in [-0.4, -0.2) is 29.7 Å². The second-order valence-corrected chi connectivity index (χ2v) is 4.09. The van der Waals surface area contributed by atoms with Gasteiger partial charge in [0.05, 0.1) is 37.6 Å². The van der Waals surface area contributed by atoms with Crippen molar-refractivity contribution < 1.29 is 5.11 Å². The summed E-state index contributed by atoms with van der Waals surface area (Å²) in [5.74, 6) is 0. The molecule has 1 saturated carbocycles. The Kier molecular flexibility index (Phi) is 2.21. The lowest BCUT2D eigenvalue weighted by Gasteiger charge is -2.05. The van der Waals surface area contributed by atoms with Crippen LogP contribution < -0.4 is 0 Å². The molecule has 6 nitrogen and oxygen atoms in total. The Labute approximate surface area is 92.5 Å². The molecule has 0 atom stereocenters. The normalized spacial score (nSPS) is 15.6. The Hall–Kier alpha value is -1.69. The average Bonchev–Trinajstić information content (AvgIpc) is 2.88. The number of hydrogen-bond donors (Lipinski definition) is 1. The van der Waals surface area contributed by atoms with E-state index in [2.05, 4.69) is 19.9 Å². The third-order valence-corrected chi connectivity index (χ3v) is 2.76. The summed E-state index contributed by atoms with van der Waals surface area (Å²) in [7, 11) is 0. The van der Waals surface area contributed by atoms with E-state index in [1.54, 1.807) is 10.9 Å². The van der Waals surface area contributed by atoms with E-state index in [9.17, 15) is 0 Å². The zero-order valence-corrected chi connectivity index (χ0v) is 8.82. The summed E-state index contributed by atoms with van der Waals surface area (Å²) in [6.45, 7) is 0.589. The molecule has 6 heteroatoms.